The Kier molecular flexibility index (Phi) is 6.28. The fourth-order valence-corrected chi connectivity index (χ4v) is 7.00. The second kappa shape index (κ2) is 8.70. The van der Waals surface area contributed by atoms with Crippen LogP contribution in [0.2, 0.25) is 0 Å². The number of likely N-dealkylation sites (tertiary alicyclic amines) is 1. The zero-order valence-electron chi connectivity index (χ0n) is 17.4. The summed E-state index contributed by atoms with van der Waals surface area (Å²) in [7, 11) is 0. The van der Waals surface area contributed by atoms with Gasteiger partial charge in [0.2, 0.25) is 11.8 Å². The lowest BCUT2D eigenvalue weighted by Gasteiger charge is -2.28. The molecule has 0 unspecified atom stereocenters. The molecule has 0 aromatic heterocycles. The van der Waals surface area contributed by atoms with Gasteiger partial charge >= 0.3 is 5.97 Å². The molecule has 2 bridgehead atoms. The number of nitrogens with zero attached hydrogens (tertiary/aromatic N) is 1. The summed E-state index contributed by atoms with van der Waals surface area (Å²) in [6.07, 6.45) is 0.802. The number of nitrogens with one attached hydrogen (secondary N) is 1. The maximum absolute atomic E-state index is 13.0. The van der Waals surface area contributed by atoms with E-state index in [-0.39, 0.29) is 39.1 Å². The van der Waals surface area contributed by atoms with E-state index in [0.717, 1.165) is 11.3 Å². The maximum Gasteiger partial charge on any atom is 0.329 e. The van der Waals surface area contributed by atoms with Gasteiger partial charge in [-0.25, -0.2) is 4.79 Å². The van der Waals surface area contributed by atoms with Gasteiger partial charge in [0.15, 0.2) is 12.4 Å². The van der Waals surface area contributed by atoms with E-state index in [9.17, 15) is 24.0 Å². The van der Waals surface area contributed by atoms with E-state index in [1.54, 1.807) is 18.2 Å². The van der Waals surface area contributed by atoms with Crippen molar-refractivity contribution in [3.8, 4) is 0 Å². The first-order chi connectivity index (χ1) is 15.1. The van der Waals surface area contributed by atoms with Gasteiger partial charge in [0, 0.05) is 20.9 Å². The highest BCUT2D eigenvalue weighted by atomic mass is 79.9. The second-order valence-electron chi connectivity index (χ2n) is 8.52. The predicted molar refractivity (Wildman–Crippen MR) is 121 cm³/mol. The monoisotopic (exact) mass is 568 g/mol. The van der Waals surface area contributed by atoms with Crippen molar-refractivity contribution in [2.24, 2.45) is 23.7 Å². The lowest BCUT2D eigenvalue weighted by atomic mass is 9.81. The summed E-state index contributed by atoms with van der Waals surface area (Å²) >= 11 is 7.25. The van der Waals surface area contributed by atoms with Crippen molar-refractivity contribution in [1.29, 1.82) is 0 Å². The van der Waals surface area contributed by atoms with Crippen molar-refractivity contribution in [3.63, 3.8) is 0 Å². The minimum Gasteiger partial charge on any atom is -0.454 e. The van der Waals surface area contributed by atoms with Crippen molar-refractivity contribution in [3.05, 3.63) is 29.8 Å². The number of esters is 1. The molecule has 0 radical (unpaired) electrons. The van der Waals surface area contributed by atoms with Crippen molar-refractivity contribution >= 4 is 67.0 Å². The summed E-state index contributed by atoms with van der Waals surface area (Å²) < 4.78 is 5.08. The Morgan fingerprint density at radius 3 is 2.28 bits per heavy atom. The molecule has 2 saturated carbocycles. The average molecular weight is 570 g/mol. The number of alkyl halides is 2. The third kappa shape index (κ3) is 3.81. The van der Waals surface area contributed by atoms with Crippen LogP contribution in [-0.2, 0) is 23.9 Å². The first-order valence-corrected chi connectivity index (χ1v) is 12.2. The van der Waals surface area contributed by atoms with Crippen LogP contribution in [0.25, 0.3) is 0 Å². The highest BCUT2D eigenvalue weighted by molar-refractivity contribution is 9.12. The first-order valence-electron chi connectivity index (χ1n) is 10.3. The number of ether oxygens (including phenoxy) is 1. The molecule has 7 atom stereocenters. The molecule has 1 N–H and O–H groups in total. The van der Waals surface area contributed by atoms with E-state index in [2.05, 4.69) is 37.2 Å². The molecular weight excluding hydrogens is 548 g/mol. The number of fused-ring (bicyclic) bond motifs is 5. The third-order valence-electron chi connectivity index (χ3n) is 6.65. The van der Waals surface area contributed by atoms with Crippen LogP contribution in [0.1, 0.15) is 30.6 Å². The number of benzene rings is 1. The molecule has 1 heterocycles. The molecule has 3 fully saturated rings. The van der Waals surface area contributed by atoms with Gasteiger partial charge < -0.3 is 10.1 Å². The van der Waals surface area contributed by atoms with Gasteiger partial charge in [-0.05, 0) is 44.2 Å². The van der Waals surface area contributed by atoms with Gasteiger partial charge in [0.1, 0.15) is 6.04 Å². The molecule has 2 aliphatic carbocycles. The van der Waals surface area contributed by atoms with Crippen molar-refractivity contribution in [2.75, 3.05) is 11.9 Å². The van der Waals surface area contributed by atoms with Gasteiger partial charge in [0.25, 0.3) is 5.91 Å². The number of hydrogen-bond donors (Lipinski definition) is 1. The second-order valence-corrected chi connectivity index (χ2v) is 10.6. The van der Waals surface area contributed by atoms with E-state index in [1.807, 2.05) is 0 Å². The molecule has 1 aromatic rings. The van der Waals surface area contributed by atoms with Gasteiger partial charge in [0.05, 0.1) is 11.8 Å². The molecular formula is C22H22Br2N2O6. The molecule has 170 valence electrons. The Morgan fingerprint density at radius 2 is 1.72 bits per heavy atom. The van der Waals surface area contributed by atoms with E-state index in [0.29, 0.717) is 11.3 Å². The number of Topliss-reactive ketones (excluding diaryl/α,β-unsaturated/α-hetero) is 1. The third-order valence-corrected chi connectivity index (χ3v) is 9.85. The normalized spacial score (nSPS) is 31.4. The van der Waals surface area contributed by atoms with Crippen molar-refractivity contribution in [2.45, 2.75) is 36.0 Å². The number of imide groups is 1. The van der Waals surface area contributed by atoms with E-state index in [4.69, 9.17) is 4.74 Å². The van der Waals surface area contributed by atoms with Crippen molar-refractivity contribution in [1.82, 2.24) is 4.90 Å². The smallest absolute Gasteiger partial charge is 0.329 e. The van der Waals surface area contributed by atoms with Crippen LogP contribution in [0.3, 0.4) is 0 Å². The van der Waals surface area contributed by atoms with Crippen molar-refractivity contribution < 1.29 is 28.7 Å². The zero-order chi connectivity index (χ0) is 23.3. The Balaban J connectivity index is 1.36. The Morgan fingerprint density at radius 1 is 1.12 bits per heavy atom. The molecule has 3 aliphatic rings. The van der Waals surface area contributed by atoms with Gasteiger partial charge in [-0.3, -0.25) is 24.1 Å². The molecule has 1 saturated heterocycles. The highest BCUT2D eigenvalue weighted by Gasteiger charge is 2.67. The van der Waals surface area contributed by atoms with Gasteiger partial charge in [-0.1, -0.05) is 44.0 Å². The fraction of sp³-hybridized carbons (Fsp3) is 0.500. The SMILES string of the molecule is CC(=O)c1cccc(NC(=O)COC(=O)[C@H](C)N2C(=O)[C@@H]3[C@H]4C[C@@H]([C@H](Br)[C@H]4Br)[C@@H]3C2=O)c1. The Hall–Kier alpha value is -2.07. The minimum atomic E-state index is -1.11. The molecule has 10 heteroatoms. The quantitative estimate of drug-likeness (QED) is 0.244. The predicted octanol–water partition coefficient (Wildman–Crippen LogP) is 2.54. The largest absolute Gasteiger partial charge is 0.454 e. The molecule has 3 amide bonds. The van der Waals surface area contributed by atoms with Crippen LogP contribution in [0.5, 0.6) is 0 Å². The number of rotatable bonds is 6. The first kappa shape index (κ1) is 23.1. The van der Waals surface area contributed by atoms with E-state index >= 15 is 0 Å². The number of anilines is 1. The highest BCUT2D eigenvalue weighted by Crippen LogP contribution is 2.60. The molecule has 4 rings (SSSR count). The summed E-state index contributed by atoms with van der Waals surface area (Å²) in [5, 5.41) is 2.55. The van der Waals surface area contributed by atoms with E-state index < -0.39 is 36.4 Å². The molecule has 32 heavy (non-hydrogen) atoms. The van der Waals surface area contributed by atoms with E-state index in [1.165, 1.54) is 19.9 Å². The number of halogens is 2. The van der Waals surface area contributed by atoms with Crippen LogP contribution in [-0.4, -0.2) is 56.7 Å². The van der Waals surface area contributed by atoms with Crippen LogP contribution >= 0.6 is 31.9 Å². The van der Waals surface area contributed by atoms with Crippen LogP contribution in [0.4, 0.5) is 5.69 Å². The number of ketones is 1. The number of carbonyl (C=O) groups excluding carboxylic acids is 5. The summed E-state index contributed by atoms with van der Waals surface area (Å²) in [5.41, 5.74) is 0.837. The summed E-state index contributed by atoms with van der Waals surface area (Å²) in [6.45, 7) is 2.28. The molecule has 1 aliphatic heterocycles. The molecule has 0 spiro atoms. The zero-order valence-corrected chi connectivity index (χ0v) is 20.6. The standard InChI is InChI=1S/C22H22Br2N2O6/c1-9(22(31)32-8-15(28)25-12-5-3-4-11(6-12)10(2)27)26-20(29)16-13-7-14(17(16)21(26)30)19(24)18(13)23/h3-6,9,13-14,16-19H,7-8H2,1-2H3,(H,25,28)/t9-,13+,14+,16-,17+,18-,19-/m0/s1. The Labute approximate surface area is 201 Å². The van der Waals surface area contributed by atoms with Crippen LogP contribution in [0.15, 0.2) is 24.3 Å². The van der Waals surface area contributed by atoms with Gasteiger partial charge in [-0.2, -0.15) is 0 Å². The van der Waals surface area contributed by atoms with Crippen LogP contribution < -0.4 is 5.32 Å². The number of carbonyl (C=O) groups is 5. The summed E-state index contributed by atoms with van der Waals surface area (Å²) in [5.74, 6) is -2.97. The average Bonchev–Trinajstić information content (AvgIpc) is 3.36. The molecule has 8 nitrogen and oxygen atoms in total. The summed E-state index contributed by atoms with van der Waals surface area (Å²) in [6, 6.07) is 5.27. The lowest BCUT2D eigenvalue weighted by Crippen LogP contribution is -2.45. The molecule has 1 aromatic carbocycles. The van der Waals surface area contributed by atoms with Crippen LogP contribution in [0, 0.1) is 23.7 Å². The topological polar surface area (TPSA) is 110 Å². The fourth-order valence-electron chi connectivity index (χ4n) is 5.13. The summed E-state index contributed by atoms with van der Waals surface area (Å²) in [4.78, 5) is 63.4. The number of amides is 3. The lowest BCUT2D eigenvalue weighted by molar-refractivity contribution is -0.159. The maximum atomic E-state index is 13.0. The van der Waals surface area contributed by atoms with Gasteiger partial charge in [-0.15, -0.1) is 0 Å². The number of hydrogen-bond acceptors (Lipinski definition) is 6. The Bertz CT molecular complexity index is 982. The minimum absolute atomic E-state index is 0.0515.